The zero-order valence-electron chi connectivity index (χ0n) is 52.9. The number of ether oxygens (including phenoxy) is 1. The molecule has 0 saturated carbocycles. The third kappa shape index (κ3) is 18.8. The van der Waals surface area contributed by atoms with Crippen molar-refractivity contribution >= 4 is 93.3 Å². The topological polar surface area (TPSA) is 402 Å². The summed E-state index contributed by atoms with van der Waals surface area (Å²) in [5.74, 6) is -3.86. The zero-order chi connectivity index (χ0) is 67.6. The van der Waals surface area contributed by atoms with Crippen LogP contribution in [0.2, 0.25) is 0 Å². The van der Waals surface area contributed by atoms with Crippen LogP contribution in [0.1, 0.15) is 114 Å². The van der Waals surface area contributed by atoms with Gasteiger partial charge in [-0.25, -0.2) is 0 Å². The van der Waals surface area contributed by atoms with Gasteiger partial charge in [-0.3, -0.25) is 52.7 Å². The molecule has 0 spiro atoms. The highest BCUT2D eigenvalue weighted by Gasteiger charge is 2.45. The SMILES string of the molecule is CC[C@H](C)[C@@H]1NC(=O)CNC(=O)[C@H]2Cc3c([nH]c4cc(OCCCCCCNC(=O)CCCCC(=O)N5Cc6ccccc6C#Cc6ccccc65)ccc34)SC[C@H](NC(=O)CNC1=O)C(=O)N[C@@H](CC(N)=O)C(=O)N1C[C@H](O)C[C@H]1C(=O)N[C@@H]([C@@H](C)[C@@H](O)CO)C(=O)N2. The van der Waals surface area contributed by atoms with E-state index in [1.54, 1.807) is 36.9 Å². The Balaban J connectivity index is 0.971. The van der Waals surface area contributed by atoms with Gasteiger partial charge in [0.1, 0.15) is 42.0 Å². The number of carbonyl (C=O) groups excluding carboxylic acids is 11. The predicted molar refractivity (Wildman–Crippen MR) is 346 cm³/mol. The van der Waals surface area contributed by atoms with Crippen LogP contribution in [0.5, 0.6) is 5.75 Å². The maximum absolute atomic E-state index is 14.8. The number of benzene rings is 3. The number of nitrogens with zero attached hydrogens (tertiary/aromatic N) is 2. The Bertz CT molecular complexity index is 3530. The van der Waals surface area contributed by atoms with Crippen LogP contribution >= 0.6 is 11.8 Å². The number of aliphatic hydroxyl groups excluding tert-OH is 3. The largest absolute Gasteiger partial charge is 0.494 e. The molecule has 0 radical (unpaired) electrons. The molecule has 10 atom stereocenters. The number of carbonyl (C=O) groups is 11. The van der Waals surface area contributed by atoms with E-state index in [0.29, 0.717) is 72.6 Å². The molecule has 27 nitrogen and oxygen atoms in total. The van der Waals surface area contributed by atoms with Crippen molar-refractivity contribution in [3.05, 3.63) is 89.0 Å². The molecule has 2 bridgehead atoms. The predicted octanol–water partition coefficient (Wildman–Crippen LogP) is -0.0789. The second-order valence-corrected chi connectivity index (χ2v) is 25.2. The summed E-state index contributed by atoms with van der Waals surface area (Å²) in [5, 5.41) is 53.6. The van der Waals surface area contributed by atoms with Gasteiger partial charge in [-0.05, 0) is 73.1 Å². The minimum Gasteiger partial charge on any atom is -0.494 e. The maximum atomic E-state index is 14.8. The molecule has 1 saturated heterocycles. The molecule has 14 N–H and O–H groups in total. The first-order valence-corrected chi connectivity index (χ1v) is 32.9. The van der Waals surface area contributed by atoms with E-state index in [4.69, 9.17) is 10.5 Å². The number of aliphatic hydroxyl groups is 3. The van der Waals surface area contributed by atoms with E-state index in [1.807, 2.05) is 48.5 Å². The minimum atomic E-state index is -1.77. The molecule has 1 aromatic heterocycles. The second kappa shape index (κ2) is 33.7. The summed E-state index contributed by atoms with van der Waals surface area (Å²) in [4.78, 5) is 159. The van der Waals surface area contributed by atoms with Gasteiger partial charge in [-0.15, -0.1) is 11.8 Å². The van der Waals surface area contributed by atoms with E-state index >= 15 is 0 Å². The summed E-state index contributed by atoms with van der Waals surface area (Å²) in [7, 11) is 0. The maximum Gasteiger partial charge on any atom is 0.246 e. The van der Waals surface area contributed by atoms with Crippen molar-refractivity contribution in [3.8, 4) is 17.6 Å². The van der Waals surface area contributed by atoms with Gasteiger partial charge in [0.15, 0.2) is 0 Å². The molecule has 4 aliphatic heterocycles. The number of nitrogens with two attached hydrogens (primary N) is 1. The van der Waals surface area contributed by atoms with Crippen LogP contribution in [0, 0.1) is 23.7 Å². The van der Waals surface area contributed by atoms with E-state index < -0.39 is 146 Å². The number of aromatic nitrogens is 1. The number of aromatic amines is 1. The Morgan fingerprint density at radius 1 is 0.766 bits per heavy atom. The summed E-state index contributed by atoms with van der Waals surface area (Å²) in [6.07, 6.45) is 0.518. The smallest absolute Gasteiger partial charge is 0.246 e. The van der Waals surface area contributed by atoms with Crippen LogP contribution in [0.25, 0.3) is 10.9 Å². The number of hydrogen-bond acceptors (Lipinski definition) is 16. The first-order chi connectivity index (χ1) is 45.1. The molecule has 504 valence electrons. The Hall–Kier alpha value is -9.04. The summed E-state index contributed by atoms with van der Waals surface area (Å²) in [6, 6.07) is 11.1. The first kappa shape index (κ1) is 70.8. The number of thioether (sulfide) groups is 1. The molecule has 28 heteroatoms. The van der Waals surface area contributed by atoms with Crippen molar-refractivity contribution in [2.45, 2.75) is 158 Å². The molecule has 4 aliphatic rings. The molecule has 11 amide bonds. The number of rotatable bonds is 20. The van der Waals surface area contributed by atoms with Gasteiger partial charge >= 0.3 is 0 Å². The molecule has 8 rings (SSSR count). The minimum absolute atomic E-state index is 0.0348. The third-order valence-corrected chi connectivity index (χ3v) is 18.4. The number of anilines is 1. The monoisotopic (exact) mass is 1320 g/mol. The third-order valence-electron chi connectivity index (χ3n) is 17.2. The van der Waals surface area contributed by atoms with Crippen molar-refractivity contribution in [1.29, 1.82) is 0 Å². The zero-order valence-corrected chi connectivity index (χ0v) is 53.7. The lowest BCUT2D eigenvalue weighted by Crippen LogP contribution is -2.62. The molecule has 94 heavy (non-hydrogen) atoms. The first-order valence-electron chi connectivity index (χ1n) is 31.9. The van der Waals surface area contributed by atoms with Crippen molar-refractivity contribution < 1.29 is 72.8 Å². The number of para-hydroxylation sites is 1. The molecule has 0 aliphatic carbocycles. The van der Waals surface area contributed by atoms with Gasteiger partial charge in [-0.2, -0.15) is 0 Å². The van der Waals surface area contributed by atoms with Crippen molar-refractivity contribution in [3.63, 3.8) is 0 Å². The van der Waals surface area contributed by atoms with Gasteiger partial charge in [0.2, 0.25) is 65.0 Å². The Labute approximate surface area is 548 Å². The van der Waals surface area contributed by atoms with Crippen LogP contribution in [-0.4, -0.2) is 184 Å². The van der Waals surface area contributed by atoms with E-state index in [9.17, 15) is 68.1 Å². The average molecular weight is 1320 g/mol. The number of nitrogens with one attached hydrogen (secondary N) is 9. The lowest BCUT2D eigenvalue weighted by Gasteiger charge is -2.32. The number of amides is 11. The molecule has 3 aromatic carbocycles. The summed E-state index contributed by atoms with van der Waals surface area (Å²) < 4.78 is 6.20. The fourth-order valence-corrected chi connectivity index (χ4v) is 12.8. The summed E-state index contributed by atoms with van der Waals surface area (Å²) in [6.45, 7) is 3.24. The highest BCUT2D eigenvalue weighted by molar-refractivity contribution is 7.99. The molecule has 5 heterocycles. The molecule has 4 aromatic rings. The standard InChI is InChI=1S/C66H84N12O15S/c1-4-37(2)58-63(90)70-31-55(84)71-49-36-94-65-45(29-47(60(87)69-32-56(85)75-58)72-64(91)59(38(3)52(81)35-79)76-62(89)51-27-42(80)34-78(51)66(92)48(30-53(67)82)73-61(49)88)44-24-23-43(28-46(44)74-65)93-26-14-6-5-13-25-68-54(83)19-11-12-20-57(86)77-33-41-17-8-7-15-39(41)21-22-40-16-9-10-18-50(40)77/h7-10,15-18,23-24,28,37-38,42,47-49,51-52,58-59,74,79-81H,4-6,11-14,19-20,25-27,29-36H2,1-3H3,(H2,67,82)(H,68,83)(H,69,87)(H,70,90)(H,71,84)(H,72,91)(H,73,88)(H,75,85)(H,76,89)/t37-,38-,42+,47+,48-,49-,51-,52-,58-,59-/m0/s1. The molecule has 0 unspecified atom stereocenters. The van der Waals surface area contributed by atoms with E-state index in [2.05, 4.69) is 59.4 Å². The second-order valence-electron chi connectivity index (χ2n) is 24.1. The quantitative estimate of drug-likeness (QED) is 0.0407. The van der Waals surface area contributed by atoms with Crippen LogP contribution in [0.3, 0.4) is 0 Å². The molecular formula is C66H84N12O15S. The molecule has 1 fully saturated rings. The fraction of sp³-hybridized carbons (Fsp3) is 0.500. The summed E-state index contributed by atoms with van der Waals surface area (Å²) in [5.41, 5.74) is 9.85. The highest BCUT2D eigenvalue weighted by Crippen LogP contribution is 2.34. The van der Waals surface area contributed by atoms with Gasteiger partial charge in [-0.1, -0.05) is 82.2 Å². The van der Waals surface area contributed by atoms with Crippen molar-refractivity contribution in [1.82, 2.24) is 52.4 Å². The van der Waals surface area contributed by atoms with Gasteiger partial charge < -0.3 is 83.1 Å². The fourth-order valence-electron chi connectivity index (χ4n) is 11.6. The normalized spacial score (nSPS) is 22.6. The summed E-state index contributed by atoms with van der Waals surface area (Å²) >= 11 is 0.987. The molecular weight excluding hydrogens is 1230 g/mol. The van der Waals surface area contributed by atoms with E-state index in [1.165, 1.54) is 6.92 Å². The Morgan fingerprint density at radius 2 is 1.47 bits per heavy atom. The number of H-pyrrole nitrogens is 1. The highest BCUT2D eigenvalue weighted by atomic mass is 32.2. The number of primary amides is 1. The number of hydrogen-bond donors (Lipinski definition) is 13. The van der Waals surface area contributed by atoms with Crippen molar-refractivity contribution in [2.75, 3.05) is 50.0 Å². The van der Waals surface area contributed by atoms with Gasteiger partial charge in [0.25, 0.3) is 0 Å². The van der Waals surface area contributed by atoms with Crippen LogP contribution in [0.15, 0.2) is 71.8 Å². The van der Waals surface area contributed by atoms with Gasteiger partial charge in [0, 0.05) is 73.0 Å². The van der Waals surface area contributed by atoms with Gasteiger partial charge in [0.05, 0.1) is 67.7 Å². The lowest BCUT2D eigenvalue weighted by atomic mass is 9.93. The average Bonchev–Trinajstić information content (AvgIpc) is 1.64. The number of fused-ring (bicyclic) bond motifs is 7. The Morgan fingerprint density at radius 3 is 2.22 bits per heavy atom. The van der Waals surface area contributed by atoms with E-state index in [-0.39, 0.29) is 43.3 Å². The Kier molecular flexibility index (Phi) is 25.4. The van der Waals surface area contributed by atoms with E-state index in [0.717, 1.165) is 58.3 Å². The van der Waals surface area contributed by atoms with Crippen LogP contribution < -0.4 is 57.9 Å². The number of unbranched alkanes of at least 4 members (excludes halogenated alkanes) is 4. The van der Waals surface area contributed by atoms with Crippen molar-refractivity contribution in [2.24, 2.45) is 17.6 Å². The van der Waals surface area contributed by atoms with Crippen LogP contribution in [0.4, 0.5) is 5.69 Å². The lowest BCUT2D eigenvalue weighted by molar-refractivity contribution is -0.144. The van der Waals surface area contributed by atoms with Crippen LogP contribution in [-0.2, 0) is 65.7 Å².